The predicted octanol–water partition coefficient (Wildman–Crippen LogP) is 2.11. The average Bonchev–Trinajstić information content (AvgIpc) is 2.89. The molecule has 0 radical (unpaired) electrons. The number of aliphatic hydroxyl groups is 1. The van der Waals surface area contributed by atoms with E-state index in [0.29, 0.717) is 6.26 Å². The molecule has 1 N–H and O–H groups in total. The summed E-state index contributed by atoms with van der Waals surface area (Å²) in [5, 5.41) is 9.56. The van der Waals surface area contributed by atoms with Crippen LogP contribution >= 0.6 is 23.2 Å². The average molecular weight is 386 g/mol. The second-order valence-electron chi connectivity index (χ2n) is 4.87. The maximum Gasteiger partial charge on any atom is 0.379 e. The van der Waals surface area contributed by atoms with Gasteiger partial charge >= 0.3 is 5.25 Å². The van der Waals surface area contributed by atoms with Gasteiger partial charge in [0.1, 0.15) is 12.7 Å². The van der Waals surface area contributed by atoms with Crippen molar-refractivity contribution in [1.29, 1.82) is 0 Å². The highest BCUT2D eigenvalue weighted by Gasteiger charge is 2.62. The van der Waals surface area contributed by atoms with Crippen LogP contribution in [-0.4, -0.2) is 39.8 Å². The predicted molar refractivity (Wildman–Crippen MR) is 80.2 cm³/mol. The van der Waals surface area contributed by atoms with Crippen LogP contribution in [0.3, 0.4) is 0 Å². The fourth-order valence-electron chi connectivity index (χ4n) is 2.01. The zero-order valence-electron chi connectivity index (χ0n) is 11.6. The third-order valence-electron chi connectivity index (χ3n) is 3.18. The molecule has 0 aliphatic rings. The van der Waals surface area contributed by atoms with E-state index in [9.17, 15) is 22.3 Å². The quantitative estimate of drug-likeness (QED) is 0.851. The Morgan fingerprint density at radius 2 is 2.00 bits per heavy atom. The fraction of sp³-hybridized carbons (Fsp3) is 0.333. The minimum absolute atomic E-state index is 0.143. The molecule has 0 fully saturated rings. The van der Waals surface area contributed by atoms with Crippen LogP contribution in [-0.2, 0) is 22.0 Å². The van der Waals surface area contributed by atoms with Gasteiger partial charge in [-0.3, -0.25) is 0 Å². The van der Waals surface area contributed by atoms with Crippen molar-refractivity contribution in [2.45, 2.75) is 17.4 Å². The number of aromatic nitrogens is 3. The van der Waals surface area contributed by atoms with Gasteiger partial charge in [0.25, 0.3) is 0 Å². The summed E-state index contributed by atoms with van der Waals surface area (Å²) < 4.78 is 53.1. The Kier molecular flexibility index (Phi) is 4.69. The van der Waals surface area contributed by atoms with Crippen molar-refractivity contribution >= 4 is 33.0 Å². The summed E-state index contributed by atoms with van der Waals surface area (Å²) in [5.74, 6) is 0. The van der Waals surface area contributed by atoms with Gasteiger partial charge < -0.3 is 5.11 Å². The SMILES string of the molecule is CS(=O)(=O)C(F)(F)C(O)(Cn1cncn1)c1ccc(Cl)cc1Cl. The van der Waals surface area contributed by atoms with E-state index in [1.54, 1.807) is 0 Å². The van der Waals surface area contributed by atoms with Gasteiger partial charge in [-0.15, -0.1) is 0 Å². The number of hydrogen-bond acceptors (Lipinski definition) is 5. The van der Waals surface area contributed by atoms with Crippen molar-refractivity contribution in [3.05, 3.63) is 46.5 Å². The molecule has 126 valence electrons. The first-order valence-electron chi connectivity index (χ1n) is 6.07. The Labute approximate surface area is 140 Å². The van der Waals surface area contributed by atoms with Crippen LogP contribution in [0.1, 0.15) is 5.56 Å². The van der Waals surface area contributed by atoms with Crippen molar-refractivity contribution in [2.24, 2.45) is 0 Å². The van der Waals surface area contributed by atoms with E-state index in [-0.39, 0.29) is 10.0 Å². The van der Waals surface area contributed by atoms with E-state index in [2.05, 4.69) is 10.1 Å². The minimum Gasteiger partial charge on any atom is -0.376 e. The first-order chi connectivity index (χ1) is 10.5. The fourth-order valence-corrected chi connectivity index (χ4v) is 3.37. The Hall–Kier alpha value is -1.29. The molecule has 6 nitrogen and oxygen atoms in total. The third-order valence-corrected chi connectivity index (χ3v) is 5.00. The molecular weight excluding hydrogens is 375 g/mol. The van der Waals surface area contributed by atoms with Crippen LogP contribution in [0.5, 0.6) is 0 Å². The first kappa shape index (κ1) is 18.1. The molecule has 0 saturated carbocycles. The first-order valence-corrected chi connectivity index (χ1v) is 8.71. The lowest BCUT2D eigenvalue weighted by molar-refractivity contribution is -0.143. The van der Waals surface area contributed by atoms with Crippen LogP contribution in [0, 0.1) is 0 Å². The topological polar surface area (TPSA) is 85.1 Å². The van der Waals surface area contributed by atoms with E-state index in [1.165, 1.54) is 6.07 Å². The maximum absolute atomic E-state index is 14.5. The standard InChI is InChI=1S/C12H11Cl2F2N3O3S/c1-23(21,22)12(15,16)11(20,5-19-7-17-6-18-19)9-3-2-8(13)4-10(9)14/h2-4,6-7,20H,5H2,1H3. The lowest BCUT2D eigenvalue weighted by Crippen LogP contribution is -2.53. The van der Waals surface area contributed by atoms with Crippen LogP contribution in [0.2, 0.25) is 10.0 Å². The second-order valence-corrected chi connectivity index (χ2v) is 7.77. The molecule has 0 saturated heterocycles. The van der Waals surface area contributed by atoms with E-state index in [0.717, 1.165) is 29.5 Å². The number of hydrogen-bond donors (Lipinski definition) is 1. The molecule has 23 heavy (non-hydrogen) atoms. The Bertz CT molecular complexity index is 815. The van der Waals surface area contributed by atoms with Gasteiger partial charge in [-0.2, -0.15) is 13.9 Å². The largest absolute Gasteiger partial charge is 0.379 e. The summed E-state index contributed by atoms with van der Waals surface area (Å²) >= 11 is 11.6. The number of rotatable bonds is 5. The van der Waals surface area contributed by atoms with Gasteiger partial charge in [-0.05, 0) is 12.1 Å². The van der Waals surface area contributed by atoms with Gasteiger partial charge in [0.05, 0.1) is 6.54 Å². The van der Waals surface area contributed by atoms with Crippen molar-refractivity contribution in [2.75, 3.05) is 6.26 Å². The molecule has 1 unspecified atom stereocenters. The zero-order valence-corrected chi connectivity index (χ0v) is 13.9. The lowest BCUT2D eigenvalue weighted by Gasteiger charge is -2.35. The molecular formula is C12H11Cl2F2N3O3S. The molecule has 11 heteroatoms. The van der Waals surface area contributed by atoms with E-state index >= 15 is 0 Å². The summed E-state index contributed by atoms with van der Waals surface area (Å²) in [6.45, 7) is -0.881. The Balaban J connectivity index is 2.69. The highest BCUT2D eigenvalue weighted by Crippen LogP contribution is 2.45. The molecule has 2 rings (SSSR count). The molecule has 0 aliphatic heterocycles. The summed E-state index contributed by atoms with van der Waals surface area (Å²) in [6, 6.07) is 3.39. The van der Waals surface area contributed by atoms with Crippen molar-refractivity contribution in [1.82, 2.24) is 14.8 Å². The van der Waals surface area contributed by atoms with E-state index in [1.807, 2.05) is 0 Å². The summed E-state index contributed by atoms with van der Waals surface area (Å²) in [6.07, 6.45) is 2.44. The number of halogens is 4. The molecule has 1 aromatic carbocycles. The normalized spacial score (nSPS) is 15.4. The van der Waals surface area contributed by atoms with Gasteiger partial charge in [-0.1, -0.05) is 29.3 Å². The monoisotopic (exact) mass is 385 g/mol. The van der Waals surface area contributed by atoms with Crippen LogP contribution in [0.4, 0.5) is 8.78 Å². The number of alkyl halides is 2. The molecule has 0 amide bonds. The van der Waals surface area contributed by atoms with Gasteiger partial charge in [0, 0.05) is 21.9 Å². The van der Waals surface area contributed by atoms with Crippen LogP contribution < -0.4 is 0 Å². The molecule has 1 heterocycles. The van der Waals surface area contributed by atoms with Crippen molar-refractivity contribution < 1.29 is 22.3 Å². The van der Waals surface area contributed by atoms with Crippen LogP contribution in [0.15, 0.2) is 30.9 Å². The van der Waals surface area contributed by atoms with Gasteiger partial charge in [-0.25, -0.2) is 18.1 Å². The van der Waals surface area contributed by atoms with E-state index in [4.69, 9.17) is 23.2 Å². The molecule has 0 aliphatic carbocycles. The summed E-state index contributed by atoms with van der Waals surface area (Å²) in [5.41, 5.74) is -3.66. The zero-order chi connectivity index (χ0) is 17.5. The highest BCUT2D eigenvalue weighted by molar-refractivity contribution is 7.91. The maximum atomic E-state index is 14.5. The number of nitrogens with zero attached hydrogens (tertiary/aromatic N) is 3. The molecule has 1 atom stereocenters. The number of sulfone groups is 1. The Morgan fingerprint density at radius 1 is 1.35 bits per heavy atom. The Morgan fingerprint density at radius 3 is 2.48 bits per heavy atom. The smallest absolute Gasteiger partial charge is 0.376 e. The number of benzene rings is 1. The summed E-state index contributed by atoms with van der Waals surface area (Å²) in [4.78, 5) is 3.57. The highest BCUT2D eigenvalue weighted by atomic mass is 35.5. The van der Waals surface area contributed by atoms with Crippen molar-refractivity contribution in [3.8, 4) is 0 Å². The lowest BCUT2D eigenvalue weighted by atomic mass is 9.93. The van der Waals surface area contributed by atoms with Gasteiger partial charge in [0.2, 0.25) is 9.84 Å². The second kappa shape index (κ2) is 5.97. The third kappa shape index (κ3) is 3.18. The van der Waals surface area contributed by atoms with Crippen LogP contribution in [0.25, 0.3) is 0 Å². The molecule has 0 bridgehead atoms. The molecule has 2 aromatic rings. The van der Waals surface area contributed by atoms with E-state index < -0.39 is 32.8 Å². The molecule has 0 spiro atoms. The minimum atomic E-state index is -4.97. The van der Waals surface area contributed by atoms with Crippen molar-refractivity contribution in [3.63, 3.8) is 0 Å². The van der Waals surface area contributed by atoms with Gasteiger partial charge in [0.15, 0.2) is 5.60 Å². The molecule has 1 aromatic heterocycles. The summed E-state index contributed by atoms with van der Waals surface area (Å²) in [7, 11) is -4.97.